The fraction of sp³-hybridized carbons (Fsp3) is 0.348. The minimum Gasteiger partial charge on any atom is -0.345 e. The van der Waals surface area contributed by atoms with Gasteiger partial charge in [-0.1, -0.05) is 36.4 Å². The molecule has 1 fully saturated rings. The Balaban J connectivity index is 1.41. The molecule has 0 spiro atoms. The van der Waals surface area contributed by atoms with Crippen LogP contribution < -0.4 is 5.32 Å². The molecule has 2 heterocycles. The van der Waals surface area contributed by atoms with Crippen molar-refractivity contribution in [1.29, 1.82) is 0 Å². The van der Waals surface area contributed by atoms with E-state index in [1.165, 1.54) is 23.1 Å². The molecule has 0 saturated carbocycles. The van der Waals surface area contributed by atoms with Crippen molar-refractivity contribution >= 4 is 17.7 Å². The second kappa shape index (κ2) is 8.64. The first-order valence-electron chi connectivity index (χ1n) is 10.3. The largest absolute Gasteiger partial charge is 0.416 e. The Bertz CT molecular complexity index is 1050. The van der Waals surface area contributed by atoms with E-state index >= 15 is 0 Å². The summed E-state index contributed by atoms with van der Waals surface area (Å²) in [5.74, 6) is -0.729. The molecule has 2 aliphatic heterocycles. The molecule has 2 aromatic carbocycles. The van der Waals surface area contributed by atoms with Crippen LogP contribution in [-0.2, 0) is 22.3 Å². The Hall–Kier alpha value is -3.36. The van der Waals surface area contributed by atoms with Gasteiger partial charge in [0.05, 0.1) is 18.0 Å². The van der Waals surface area contributed by atoms with Crippen molar-refractivity contribution in [1.82, 2.24) is 15.1 Å². The summed E-state index contributed by atoms with van der Waals surface area (Å²) in [5.41, 5.74) is 0.576. The smallest absolute Gasteiger partial charge is 0.345 e. The predicted octanol–water partition coefficient (Wildman–Crippen LogP) is 3.14. The predicted molar refractivity (Wildman–Crippen MR) is 109 cm³/mol. The Morgan fingerprint density at radius 3 is 2.50 bits per heavy atom. The summed E-state index contributed by atoms with van der Waals surface area (Å²) in [6.07, 6.45) is -4.41. The van der Waals surface area contributed by atoms with Gasteiger partial charge in [0.2, 0.25) is 11.8 Å². The average Bonchev–Trinajstić information content (AvgIpc) is 2.95. The molecule has 32 heavy (non-hydrogen) atoms. The van der Waals surface area contributed by atoms with Gasteiger partial charge in [-0.15, -0.1) is 0 Å². The summed E-state index contributed by atoms with van der Waals surface area (Å²) in [4.78, 5) is 40.4. The fourth-order valence-electron chi connectivity index (χ4n) is 4.21. The molecule has 0 bridgehead atoms. The number of carbonyl (C=O) groups excluding carboxylic acids is 3. The van der Waals surface area contributed by atoms with Gasteiger partial charge in [-0.05, 0) is 23.3 Å². The van der Waals surface area contributed by atoms with Gasteiger partial charge >= 0.3 is 6.18 Å². The highest BCUT2D eigenvalue weighted by Gasteiger charge is 2.35. The SMILES string of the molecule is O=C1N[C@@H](CC(=O)N2CCC(=O)N(Cc3ccccc3C(F)(F)F)CC2)c2ccccc21. The van der Waals surface area contributed by atoms with Crippen LogP contribution >= 0.6 is 0 Å². The number of benzene rings is 2. The van der Waals surface area contributed by atoms with E-state index in [2.05, 4.69) is 5.32 Å². The number of amides is 3. The van der Waals surface area contributed by atoms with E-state index in [-0.39, 0.29) is 62.3 Å². The topological polar surface area (TPSA) is 69.7 Å². The molecule has 3 amide bonds. The van der Waals surface area contributed by atoms with E-state index in [1.54, 1.807) is 29.2 Å². The second-order valence-electron chi connectivity index (χ2n) is 7.92. The highest BCUT2D eigenvalue weighted by atomic mass is 19.4. The van der Waals surface area contributed by atoms with Crippen molar-refractivity contribution in [2.45, 2.75) is 31.6 Å². The van der Waals surface area contributed by atoms with Crippen molar-refractivity contribution in [2.24, 2.45) is 0 Å². The zero-order valence-corrected chi connectivity index (χ0v) is 17.2. The van der Waals surface area contributed by atoms with E-state index < -0.39 is 17.8 Å². The third kappa shape index (κ3) is 4.46. The molecule has 4 rings (SSSR count). The lowest BCUT2D eigenvalue weighted by Gasteiger charge is -2.24. The quantitative estimate of drug-likeness (QED) is 0.786. The van der Waals surface area contributed by atoms with E-state index in [9.17, 15) is 27.6 Å². The molecule has 0 unspecified atom stereocenters. The van der Waals surface area contributed by atoms with E-state index in [4.69, 9.17) is 0 Å². The minimum atomic E-state index is -4.50. The maximum absolute atomic E-state index is 13.3. The van der Waals surface area contributed by atoms with Crippen molar-refractivity contribution in [3.05, 3.63) is 70.8 Å². The molecule has 1 saturated heterocycles. The monoisotopic (exact) mass is 445 g/mol. The molecular formula is C23H22F3N3O3. The minimum absolute atomic E-state index is 0.0263. The second-order valence-corrected chi connectivity index (χ2v) is 7.92. The molecule has 2 aromatic rings. The first-order chi connectivity index (χ1) is 15.2. The number of nitrogens with one attached hydrogen (secondary N) is 1. The van der Waals surface area contributed by atoms with Gasteiger partial charge < -0.3 is 15.1 Å². The standard InChI is InChI=1S/C23H22F3N3O3/c24-23(25,26)18-8-4-1-5-15(18)14-29-12-11-28(10-9-20(29)30)21(31)13-19-16-6-2-3-7-17(16)22(32)27-19/h1-8,19H,9-14H2,(H,27,32)/t19-/m0/s1. The molecule has 0 radical (unpaired) electrons. The van der Waals surface area contributed by atoms with E-state index in [0.717, 1.165) is 11.6 Å². The molecule has 9 heteroatoms. The van der Waals surface area contributed by atoms with Crippen molar-refractivity contribution < 1.29 is 27.6 Å². The van der Waals surface area contributed by atoms with Crippen molar-refractivity contribution in [2.75, 3.05) is 19.6 Å². The third-order valence-corrected chi connectivity index (χ3v) is 5.89. The molecule has 1 N–H and O–H groups in total. The number of hydrogen-bond acceptors (Lipinski definition) is 3. The van der Waals surface area contributed by atoms with Gasteiger partial charge in [0.1, 0.15) is 0 Å². The molecule has 2 aliphatic rings. The zero-order valence-electron chi connectivity index (χ0n) is 17.2. The number of halogens is 3. The Labute approximate surface area is 183 Å². The summed E-state index contributed by atoms with van der Waals surface area (Å²) in [6.45, 7) is 0.394. The lowest BCUT2D eigenvalue weighted by atomic mass is 10.0. The molecule has 6 nitrogen and oxygen atoms in total. The van der Waals surface area contributed by atoms with Crippen LogP contribution in [0.25, 0.3) is 0 Å². The molecule has 0 aromatic heterocycles. The maximum atomic E-state index is 13.3. The maximum Gasteiger partial charge on any atom is 0.416 e. The van der Waals surface area contributed by atoms with Gasteiger partial charge in [0, 0.05) is 38.2 Å². The number of rotatable bonds is 4. The first-order valence-corrected chi connectivity index (χ1v) is 10.3. The number of fused-ring (bicyclic) bond motifs is 1. The number of alkyl halides is 3. The van der Waals surface area contributed by atoms with Gasteiger partial charge in [-0.3, -0.25) is 14.4 Å². The van der Waals surface area contributed by atoms with Crippen LogP contribution in [0.1, 0.15) is 45.9 Å². The molecule has 168 valence electrons. The number of carbonyl (C=O) groups is 3. The molecular weight excluding hydrogens is 423 g/mol. The highest BCUT2D eigenvalue weighted by Crippen LogP contribution is 2.33. The Morgan fingerprint density at radius 1 is 1.00 bits per heavy atom. The Morgan fingerprint density at radius 2 is 1.72 bits per heavy atom. The molecule has 1 atom stereocenters. The summed E-state index contributed by atoms with van der Waals surface area (Å²) in [7, 11) is 0. The normalized spacial score (nSPS) is 18.9. The summed E-state index contributed by atoms with van der Waals surface area (Å²) in [6, 6.07) is 11.8. The van der Waals surface area contributed by atoms with Gasteiger partial charge in [0.25, 0.3) is 5.91 Å². The van der Waals surface area contributed by atoms with Crippen LogP contribution in [0.2, 0.25) is 0 Å². The summed E-state index contributed by atoms with van der Waals surface area (Å²) < 4.78 is 39.9. The van der Waals surface area contributed by atoms with Crippen LogP contribution in [0.3, 0.4) is 0 Å². The van der Waals surface area contributed by atoms with Crippen LogP contribution in [-0.4, -0.2) is 47.2 Å². The lowest BCUT2D eigenvalue weighted by Crippen LogP contribution is -2.37. The first kappa shape index (κ1) is 21.9. The van der Waals surface area contributed by atoms with Crippen LogP contribution in [0, 0.1) is 0 Å². The Kier molecular flexibility index (Phi) is 5.90. The fourth-order valence-corrected chi connectivity index (χ4v) is 4.21. The van der Waals surface area contributed by atoms with Gasteiger partial charge in [0.15, 0.2) is 0 Å². The molecule has 0 aliphatic carbocycles. The van der Waals surface area contributed by atoms with Gasteiger partial charge in [-0.25, -0.2) is 0 Å². The number of hydrogen-bond donors (Lipinski definition) is 1. The van der Waals surface area contributed by atoms with Crippen LogP contribution in [0.5, 0.6) is 0 Å². The van der Waals surface area contributed by atoms with E-state index in [0.29, 0.717) is 5.56 Å². The average molecular weight is 445 g/mol. The van der Waals surface area contributed by atoms with Crippen LogP contribution in [0.15, 0.2) is 48.5 Å². The number of nitrogens with zero attached hydrogens (tertiary/aromatic N) is 2. The zero-order chi connectivity index (χ0) is 22.9. The van der Waals surface area contributed by atoms with Crippen molar-refractivity contribution in [3.8, 4) is 0 Å². The third-order valence-electron chi connectivity index (χ3n) is 5.89. The van der Waals surface area contributed by atoms with Gasteiger partial charge in [-0.2, -0.15) is 13.2 Å². The highest BCUT2D eigenvalue weighted by molar-refractivity contribution is 5.99. The van der Waals surface area contributed by atoms with Crippen molar-refractivity contribution in [3.63, 3.8) is 0 Å². The lowest BCUT2D eigenvalue weighted by molar-refractivity contribution is -0.139. The van der Waals surface area contributed by atoms with E-state index in [1.807, 2.05) is 0 Å². The summed E-state index contributed by atoms with van der Waals surface area (Å²) >= 11 is 0. The van der Waals surface area contributed by atoms with Crippen LogP contribution in [0.4, 0.5) is 13.2 Å². The summed E-state index contributed by atoms with van der Waals surface area (Å²) in [5, 5.41) is 2.81.